The normalized spacial score (nSPS) is 8.94. The number of hydrogen-bond acceptors (Lipinski definition) is 2. The zero-order valence-corrected chi connectivity index (χ0v) is 14.6. The van der Waals surface area contributed by atoms with Crippen LogP contribution in [0.25, 0.3) is 0 Å². The van der Waals surface area contributed by atoms with Gasteiger partial charge in [-0.25, -0.2) is 12.1 Å². The first-order valence-electron chi connectivity index (χ1n) is 5.70. The topological polar surface area (TPSA) is 25.8 Å². The predicted molar refractivity (Wildman–Crippen MR) is 71.0 cm³/mol. The molecule has 0 spiro atoms. The van der Waals surface area contributed by atoms with Gasteiger partial charge in [0.2, 0.25) is 0 Å². The van der Waals surface area contributed by atoms with Crippen molar-refractivity contribution in [1.82, 2.24) is 9.97 Å². The largest absolute Gasteiger partial charge is 0.301 e. The van der Waals surface area contributed by atoms with E-state index in [9.17, 15) is 0 Å². The summed E-state index contributed by atoms with van der Waals surface area (Å²) in [6.45, 7) is 10.1. The molecule has 2 aromatic rings. The van der Waals surface area contributed by atoms with Crippen molar-refractivity contribution in [3.05, 3.63) is 58.7 Å². The fourth-order valence-corrected chi connectivity index (χ4v) is 1.26. The third kappa shape index (κ3) is 6.37. The molecule has 0 aromatic carbocycles. The minimum Gasteiger partial charge on any atom is -0.301 e. The van der Waals surface area contributed by atoms with Crippen LogP contribution in [-0.2, 0) is 32.7 Å². The molecule has 0 saturated carbocycles. The van der Waals surface area contributed by atoms with Crippen molar-refractivity contribution in [1.29, 1.82) is 0 Å². The van der Waals surface area contributed by atoms with Crippen LogP contribution in [0.5, 0.6) is 0 Å². The molecule has 0 N–H and O–H groups in total. The Morgan fingerprint density at radius 1 is 0.889 bits per heavy atom. The Kier molecular flexibility index (Phi) is 8.21. The van der Waals surface area contributed by atoms with E-state index in [2.05, 4.69) is 35.9 Å². The van der Waals surface area contributed by atoms with Crippen molar-refractivity contribution < 1.29 is 32.7 Å². The molecule has 0 atom stereocenters. The average Bonchev–Trinajstić information content (AvgIpc) is 2.29. The van der Waals surface area contributed by atoms with Gasteiger partial charge in [-0.05, 0) is 44.9 Å². The van der Waals surface area contributed by atoms with Gasteiger partial charge in [0.1, 0.15) is 0 Å². The van der Waals surface area contributed by atoms with Gasteiger partial charge in [0.15, 0.2) is 0 Å². The summed E-state index contributed by atoms with van der Waals surface area (Å²) < 4.78 is 0. The minimum atomic E-state index is 0. The Bertz CT molecular complexity index is 457. The van der Waals surface area contributed by atoms with Crippen LogP contribution in [0.4, 0.5) is 0 Å². The molecular formula is C15H19N2Y-. The number of nitrogens with zero attached hydrogens (tertiary/aromatic N) is 2. The minimum absolute atomic E-state index is 0. The Morgan fingerprint density at radius 2 is 1.56 bits per heavy atom. The smallest absolute Gasteiger partial charge is 0.0375 e. The molecule has 0 aliphatic rings. The van der Waals surface area contributed by atoms with Gasteiger partial charge in [-0.1, -0.05) is 11.9 Å². The molecule has 0 fully saturated rings. The van der Waals surface area contributed by atoms with E-state index in [-0.39, 0.29) is 32.7 Å². The average molecular weight is 316 g/mol. The molecule has 3 heteroatoms. The number of pyridine rings is 2. The molecule has 93 valence electrons. The van der Waals surface area contributed by atoms with Crippen LogP contribution in [0.3, 0.4) is 0 Å². The maximum Gasteiger partial charge on any atom is 0.0375 e. The Balaban J connectivity index is 0.000000306. The second-order valence-electron chi connectivity index (χ2n) is 4.29. The van der Waals surface area contributed by atoms with Gasteiger partial charge in [0.25, 0.3) is 0 Å². The Hall–Kier alpha value is -0.596. The second-order valence-corrected chi connectivity index (χ2v) is 4.29. The van der Waals surface area contributed by atoms with Crippen molar-refractivity contribution in [3.63, 3.8) is 0 Å². The maximum absolute atomic E-state index is 4.14. The zero-order valence-electron chi connectivity index (χ0n) is 11.8. The van der Waals surface area contributed by atoms with Gasteiger partial charge in [0, 0.05) is 44.6 Å². The summed E-state index contributed by atoms with van der Waals surface area (Å²) >= 11 is 0. The van der Waals surface area contributed by atoms with E-state index < -0.39 is 0 Å². The van der Waals surface area contributed by atoms with Crippen LogP contribution in [0.1, 0.15) is 28.1 Å². The molecule has 0 aliphatic heterocycles. The fraction of sp³-hybridized carbons (Fsp3) is 0.333. The van der Waals surface area contributed by atoms with Gasteiger partial charge >= 0.3 is 0 Å². The van der Waals surface area contributed by atoms with Gasteiger partial charge in [-0.15, -0.1) is 6.92 Å². The SMILES string of the molecule is Cc1c[c-]c(C)nc1.Cc1cc(C)c(C)cn1.[Y]. The van der Waals surface area contributed by atoms with E-state index in [4.69, 9.17) is 0 Å². The molecule has 0 unspecified atom stereocenters. The summed E-state index contributed by atoms with van der Waals surface area (Å²) in [5.74, 6) is 0. The summed E-state index contributed by atoms with van der Waals surface area (Å²) in [6.07, 6.45) is 3.75. The van der Waals surface area contributed by atoms with E-state index >= 15 is 0 Å². The third-order valence-corrected chi connectivity index (χ3v) is 2.48. The maximum atomic E-state index is 4.14. The van der Waals surface area contributed by atoms with Crippen LogP contribution in [0.2, 0.25) is 0 Å². The van der Waals surface area contributed by atoms with Crippen LogP contribution < -0.4 is 0 Å². The Morgan fingerprint density at radius 3 is 1.94 bits per heavy atom. The number of hydrogen-bond donors (Lipinski definition) is 0. The molecule has 2 heterocycles. The summed E-state index contributed by atoms with van der Waals surface area (Å²) in [6, 6.07) is 7.01. The van der Waals surface area contributed by atoms with Gasteiger partial charge in [-0.3, -0.25) is 4.98 Å². The van der Waals surface area contributed by atoms with Crippen molar-refractivity contribution in [2.45, 2.75) is 34.6 Å². The number of rotatable bonds is 0. The van der Waals surface area contributed by atoms with E-state index in [0.29, 0.717) is 0 Å². The van der Waals surface area contributed by atoms with Crippen LogP contribution in [0.15, 0.2) is 24.5 Å². The van der Waals surface area contributed by atoms with Crippen molar-refractivity contribution >= 4 is 0 Å². The molecule has 0 aliphatic carbocycles. The fourth-order valence-electron chi connectivity index (χ4n) is 1.26. The molecule has 0 amide bonds. The standard InChI is InChI=1S/C8H11N.C7H8N.Y/c1-6-4-8(3)9-5-7(6)2;1-6-3-4-7(2)8-5-6;/h4-5H,1-3H3;3,5H,1-2H3;/q;-1;. The molecule has 0 saturated heterocycles. The summed E-state index contributed by atoms with van der Waals surface area (Å²) in [5, 5.41) is 0. The van der Waals surface area contributed by atoms with E-state index in [1.807, 2.05) is 39.2 Å². The summed E-state index contributed by atoms with van der Waals surface area (Å²) in [7, 11) is 0. The second kappa shape index (κ2) is 8.50. The summed E-state index contributed by atoms with van der Waals surface area (Å²) in [5.41, 5.74) is 5.80. The molecular weight excluding hydrogens is 297 g/mol. The van der Waals surface area contributed by atoms with E-state index in [0.717, 1.165) is 17.0 Å². The molecule has 2 rings (SSSR count). The monoisotopic (exact) mass is 316 g/mol. The zero-order chi connectivity index (χ0) is 12.8. The molecule has 18 heavy (non-hydrogen) atoms. The Labute approximate surface area is 135 Å². The molecule has 1 radical (unpaired) electrons. The van der Waals surface area contributed by atoms with E-state index in [1.54, 1.807) is 0 Å². The number of aryl methyl sites for hydroxylation is 5. The van der Waals surface area contributed by atoms with Crippen LogP contribution >= 0.6 is 0 Å². The molecule has 0 bridgehead atoms. The van der Waals surface area contributed by atoms with Crippen LogP contribution in [0, 0.1) is 40.7 Å². The molecule has 2 aromatic heterocycles. The summed E-state index contributed by atoms with van der Waals surface area (Å²) in [4.78, 5) is 8.16. The van der Waals surface area contributed by atoms with E-state index in [1.165, 1.54) is 11.1 Å². The first-order valence-corrected chi connectivity index (χ1v) is 5.70. The van der Waals surface area contributed by atoms with Crippen molar-refractivity contribution in [2.75, 3.05) is 0 Å². The van der Waals surface area contributed by atoms with Gasteiger partial charge in [0.05, 0.1) is 0 Å². The first kappa shape index (κ1) is 17.4. The van der Waals surface area contributed by atoms with Gasteiger partial charge in [-0.2, -0.15) is 5.56 Å². The number of aromatic nitrogens is 2. The molecule has 2 nitrogen and oxygen atoms in total. The van der Waals surface area contributed by atoms with Crippen molar-refractivity contribution in [3.8, 4) is 0 Å². The third-order valence-electron chi connectivity index (χ3n) is 2.48. The van der Waals surface area contributed by atoms with Crippen LogP contribution in [-0.4, -0.2) is 9.97 Å². The van der Waals surface area contributed by atoms with Gasteiger partial charge < -0.3 is 4.98 Å². The first-order chi connectivity index (χ1) is 7.99. The quantitative estimate of drug-likeness (QED) is 0.695. The van der Waals surface area contributed by atoms with Crippen molar-refractivity contribution in [2.24, 2.45) is 0 Å². The predicted octanol–water partition coefficient (Wildman–Crippen LogP) is 3.50.